The molecule has 0 bridgehead atoms. The molecule has 1 fully saturated rings. The number of benzene rings is 2. The summed E-state index contributed by atoms with van der Waals surface area (Å²) in [5.74, 6) is 0.116. The number of hydrogen-bond acceptors (Lipinski definition) is 5. The molecule has 1 amide bonds. The normalized spacial score (nSPS) is 15.1. The van der Waals surface area contributed by atoms with E-state index >= 15 is 0 Å². The van der Waals surface area contributed by atoms with Gasteiger partial charge in [-0.2, -0.15) is 9.57 Å². The summed E-state index contributed by atoms with van der Waals surface area (Å²) in [5, 5.41) is 12.1. The standard InChI is InChI=1S/C24H27N3O4S/c1-2-15-31-22-11-9-19(10-12-22)16-20(18-25)24(28)26-21-7-6-8-23(17-21)32(29,30)27-13-4-3-5-14-27/h6-12,16-17H,2-5,13-15H2,1H3,(H,26,28)/b20-16+. The van der Waals surface area contributed by atoms with Gasteiger partial charge < -0.3 is 10.1 Å². The summed E-state index contributed by atoms with van der Waals surface area (Å²) in [6.07, 6.45) is 5.10. The van der Waals surface area contributed by atoms with Crippen molar-refractivity contribution < 1.29 is 17.9 Å². The van der Waals surface area contributed by atoms with E-state index in [1.54, 1.807) is 36.4 Å². The molecule has 0 aromatic heterocycles. The lowest BCUT2D eigenvalue weighted by Crippen LogP contribution is -2.35. The van der Waals surface area contributed by atoms with Crippen molar-refractivity contribution in [2.75, 3.05) is 25.0 Å². The monoisotopic (exact) mass is 453 g/mol. The zero-order valence-corrected chi connectivity index (χ0v) is 18.9. The van der Waals surface area contributed by atoms with Gasteiger partial charge in [0, 0.05) is 18.8 Å². The number of sulfonamides is 1. The molecule has 0 saturated carbocycles. The van der Waals surface area contributed by atoms with E-state index < -0.39 is 15.9 Å². The topological polar surface area (TPSA) is 99.5 Å². The predicted octanol–water partition coefficient (Wildman–Crippen LogP) is 4.20. The van der Waals surface area contributed by atoms with E-state index in [-0.39, 0.29) is 10.5 Å². The van der Waals surface area contributed by atoms with Gasteiger partial charge in [0.2, 0.25) is 10.0 Å². The molecule has 1 heterocycles. The third-order valence-electron chi connectivity index (χ3n) is 5.07. The van der Waals surface area contributed by atoms with Crippen LogP contribution in [0.4, 0.5) is 5.69 Å². The molecular weight excluding hydrogens is 426 g/mol. The van der Waals surface area contributed by atoms with Gasteiger partial charge in [-0.15, -0.1) is 0 Å². The molecule has 0 radical (unpaired) electrons. The maximum atomic E-state index is 12.9. The highest BCUT2D eigenvalue weighted by Gasteiger charge is 2.26. The molecule has 0 aliphatic carbocycles. The van der Waals surface area contributed by atoms with Crippen molar-refractivity contribution in [3.05, 3.63) is 59.7 Å². The zero-order valence-electron chi connectivity index (χ0n) is 18.1. The van der Waals surface area contributed by atoms with Gasteiger partial charge in [-0.3, -0.25) is 4.79 Å². The number of carbonyl (C=O) groups excluding carboxylic acids is 1. The molecule has 1 aliphatic heterocycles. The molecule has 7 nitrogen and oxygen atoms in total. The van der Waals surface area contributed by atoms with Crippen molar-refractivity contribution in [2.45, 2.75) is 37.5 Å². The largest absolute Gasteiger partial charge is 0.494 e. The first kappa shape index (κ1) is 23.5. The number of nitrogens with zero attached hydrogens (tertiary/aromatic N) is 2. The Morgan fingerprint density at radius 2 is 1.88 bits per heavy atom. The van der Waals surface area contributed by atoms with Gasteiger partial charge in [-0.1, -0.05) is 31.5 Å². The molecule has 1 saturated heterocycles. The van der Waals surface area contributed by atoms with Gasteiger partial charge in [-0.25, -0.2) is 8.42 Å². The summed E-state index contributed by atoms with van der Waals surface area (Å²) in [7, 11) is -3.62. The average Bonchev–Trinajstić information content (AvgIpc) is 2.82. The summed E-state index contributed by atoms with van der Waals surface area (Å²) in [5.41, 5.74) is 0.913. The van der Waals surface area contributed by atoms with E-state index in [9.17, 15) is 18.5 Å². The van der Waals surface area contributed by atoms with E-state index in [0.717, 1.165) is 31.4 Å². The molecule has 2 aromatic rings. The van der Waals surface area contributed by atoms with Crippen LogP contribution < -0.4 is 10.1 Å². The summed E-state index contributed by atoms with van der Waals surface area (Å²) in [6.45, 7) is 3.65. The highest BCUT2D eigenvalue weighted by molar-refractivity contribution is 7.89. The molecular formula is C24H27N3O4S. The minimum Gasteiger partial charge on any atom is -0.494 e. The number of amides is 1. The molecule has 8 heteroatoms. The van der Waals surface area contributed by atoms with Crippen LogP contribution in [-0.4, -0.2) is 38.3 Å². The number of anilines is 1. The number of rotatable bonds is 8. The molecule has 0 atom stereocenters. The Balaban J connectivity index is 1.73. The SMILES string of the molecule is CCCOc1ccc(/C=C(\C#N)C(=O)Nc2cccc(S(=O)(=O)N3CCCCC3)c2)cc1. The molecule has 168 valence electrons. The van der Waals surface area contributed by atoms with Crippen molar-refractivity contribution >= 4 is 27.7 Å². The average molecular weight is 454 g/mol. The fourth-order valence-corrected chi connectivity index (χ4v) is 4.95. The van der Waals surface area contributed by atoms with Gasteiger partial charge in [0.15, 0.2) is 0 Å². The number of hydrogen-bond donors (Lipinski definition) is 1. The van der Waals surface area contributed by atoms with E-state index in [0.29, 0.717) is 30.9 Å². The maximum absolute atomic E-state index is 12.9. The molecule has 1 N–H and O–H groups in total. The number of carbonyl (C=O) groups is 1. The van der Waals surface area contributed by atoms with Crippen LogP contribution in [-0.2, 0) is 14.8 Å². The van der Waals surface area contributed by atoms with E-state index in [1.165, 1.54) is 22.5 Å². The van der Waals surface area contributed by atoms with Gasteiger partial charge in [0.1, 0.15) is 17.4 Å². The van der Waals surface area contributed by atoms with Gasteiger partial charge in [0.05, 0.1) is 11.5 Å². The quantitative estimate of drug-likeness (QED) is 0.477. The molecule has 0 unspecified atom stereocenters. The first-order valence-electron chi connectivity index (χ1n) is 10.7. The van der Waals surface area contributed by atoms with Crippen molar-refractivity contribution in [1.82, 2.24) is 4.31 Å². The van der Waals surface area contributed by atoms with Gasteiger partial charge in [-0.05, 0) is 61.2 Å². The Morgan fingerprint density at radius 1 is 1.16 bits per heavy atom. The maximum Gasteiger partial charge on any atom is 0.266 e. The van der Waals surface area contributed by atoms with E-state index in [1.807, 2.05) is 13.0 Å². The molecule has 0 spiro atoms. The Kier molecular flexibility index (Phi) is 8.03. The van der Waals surface area contributed by atoms with Crippen molar-refractivity contribution in [3.63, 3.8) is 0 Å². The third-order valence-corrected chi connectivity index (χ3v) is 6.97. The minimum atomic E-state index is -3.62. The fraction of sp³-hybridized carbons (Fsp3) is 0.333. The Hall–Kier alpha value is -3.15. The Bertz CT molecular complexity index is 1110. The highest BCUT2D eigenvalue weighted by atomic mass is 32.2. The number of nitrogens with one attached hydrogen (secondary N) is 1. The van der Waals surface area contributed by atoms with Gasteiger partial charge >= 0.3 is 0 Å². The third kappa shape index (κ3) is 5.96. The molecule has 3 rings (SSSR count). The Morgan fingerprint density at radius 3 is 2.53 bits per heavy atom. The zero-order chi connectivity index (χ0) is 23.0. The van der Waals surface area contributed by atoms with Crippen LogP contribution in [0.15, 0.2) is 59.0 Å². The highest BCUT2D eigenvalue weighted by Crippen LogP contribution is 2.23. The van der Waals surface area contributed by atoms with Crippen LogP contribution >= 0.6 is 0 Å². The van der Waals surface area contributed by atoms with E-state index in [4.69, 9.17) is 4.74 Å². The number of ether oxygens (including phenoxy) is 1. The lowest BCUT2D eigenvalue weighted by Gasteiger charge is -2.26. The van der Waals surface area contributed by atoms with Crippen LogP contribution in [0.2, 0.25) is 0 Å². The number of nitriles is 1. The first-order valence-corrected chi connectivity index (χ1v) is 12.1. The summed E-state index contributed by atoms with van der Waals surface area (Å²) < 4.78 is 32.8. The Labute approximate surface area is 189 Å². The predicted molar refractivity (Wildman–Crippen MR) is 123 cm³/mol. The van der Waals surface area contributed by atoms with Crippen LogP contribution in [0.1, 0.15) is 38.2 Å². The lowest BCUT2D eigenvalue weighted by molar-refractivity contribution is -0.112. The summed E-state index contributed by atoms with van der Waals surface area (Å²) >= 11 is 0. The lowest BCUT2D eigenvalue weighted by atomic mass is 10.1. The van der Waals surface area contributed by atoms with Crippen LogP contribution in [0, 0.1) is 11.3 Å². The van der Waals surface area contributed by atoms with Crippen LogP contribution in [0.3, 0.4) is 0 Å². The van der Waals surface area contributed by atoms with E-state index in [2.05, 4.69) is 5.32 Å². The minimum absolute atomic E-state index is 0.0866. The van der Waals surface area contributed by atoms with Crippen LogP contribution in [0.5, 0.6) is 5.75 Å². The second-order valence-corrected chi connectivity index (χ2v) is 9.47. The van der Waals surface area contributed by atoms with Gasteiger partial charge in [0.25, 0.3) is 5.91 Å². The smallest absolute Gasteiger partial charge is 0.266 e. The second-order valence-electron chi connectivity index (χ2n) is 7.53. The molecule has 2 aromatic carbocycles. The summed E-state index contributed by atoms with van der Waals surface area (Å²) in [6, 6.07) is 15.1. The van der Waals surface area contributed by atoms with Crippen molar-refractivity contribution in [3.8, 4) is 11.8 Å². The van der Waals surface area contributed by atoms with Crippen molar-refractivity contribution in [1.29, 1.82) is 5.26 Å². The first-order chi connectivity index (χ1) is 15.4. The molecule has 32 heavy (non-hydrogen) atoms. The fourth-order valence-electron chi connectivity index (χ4n) is 3.38. The van der Waals surface area contributed by atoms with Crippen molar-refractivity contribution in [2.24, 2.45) is 0 Å². The number of piperidine rings is 1. The van der Waals surface area contributed by atoms with Crippen LogP contribution in [0.25, 0.3) is 6.08 Å². The molecule has 1 aliphatic rings. The second kappa shape index (κ2) is 10.9. The summed E-state index contributed by atoms with van der Waals surface area (Å²) in [4.78, 5) is 12.8.